The van der Waals surface area contributed by atoms with Crippen molar-refractivity contribution in [1.82, 2.24) is 14.5 Å². The first-order valence-electron chi connectivity index (χ1n) is 5.63. The Kier molecular flexibility index (Phi) is 5.29. The van der Waals surface area contributed by atoms with E-state index in [1.54, 1.807) is 7.05 Å². The molecule has 0 atom stereocenters. The maximum atomic E-state index is 11.8. The number of sulfonamides is 1. The van der Waals surface area contributed by atoms with E-state index in [2.05, 4.69) is 9.82 Å². The molecule has 0 aliphatic heterocycles. The average molecular weight is 275 g/mol. The lowest BCUT2D eigenvalue weighted by Crippen LogP contribution is -2.26. The fraction of sp³-hybridized carbons (Fsp3) is 0.600. The van der Waals surface area contributed by atoms with Crippen LogP contribution in [0, 0.1) is 0 Å². The van der Waals surface area contributed by atoms with Crippen LogP contribution in [0.2, 0.25) is 0 Å². The fourth-order valence-corrected chi connectivity index (χ4v) is 2.68. The number of carbonyl (C=O) groups is 1. The van der Waals surface area contributed by atoms with Crippen molar-refractivity contribution < 1.29 is 18.3 Å². The monoisotopic (exact) mass is 275 g/mol. The van der Waals surface area contributed by atoms with Gasteiger partial charge in [0.2, 0.25) is 0 Å². The van der Waals surface area contributed by atoms with Gasteiger partial charge in [0.25, 0.3) is 10.0 Å². The molecule has 8 heteroatoms. The molecule has 1 aromatic heterocycles. The maximum absolute atomic E-state index is 11.8. The van der Waals surface area contributed by atoms with Crippen LogP contribution in [0.5, 0.6) is 0 Å². The minimum atomic E-state index is -3.52. The van der Waals surface area contributed by atoms with E-state index in [0.717, 1.165) is 0 Å². The molecule has 1 heterocycles. The smallest absolute Gasteiger partial charge is 0.303 e. The first-order valence-corrected chi connectivity index (χ1v) is 7.11. The van der Waals surface area contributed by atoms with Crippen molar-refractivity contribution in [1.29, 1.82) is 0 Å². The van der Waals surface area contributed by atoms with Gasteiger partial charge in [-0.05, 0) is 18.9 Å². The number of nitrogens with zero attached hydrogens (tertiary/aromatic N) is 2. The van der Waals surface area contributed by atoms with Crippen LogP contribution in [0.15, 0.2) is 17.3 Å². The molecule has 1 rings (SSSR count). The Balaban J connectivity index is 2.31. The average Bonchev–Trinajstić information content (AvgIpc) is 2.70. The number of nitrogens with one attached hydrogen (secondary N) is 1. The minimum Gasteiger partial charge on any atom is -0.481 e. The van der Waals surface area contributed by atoms with Gasteiger partial charge in [-0.25, -0.2) is 13.1 Å². The van der Waals surface area contributed by atoms with Crippen LogP contribution >= 0.6 is 0 Å². The highest BCUT2D eigenvalue weighted by atomic mass is 32.2. The third-order valence-electron chi connectivity index (χ3n) is 2.41. The summed E-state index contributed by atoms with van der Waals surface area (Å²) < 4.78 is 27.3. The predicted octanol–water partition coefficient (Wildman–Crippen LogP) is 0.343. The molecule has 0 saturated heterocycles. The SMILES string of the molecule is Cn1nccc1S(=O)(=O)NCCCCCC(=O)O. The summed E-state index contributed by atoms with van der Waals surface area (Å²) in [5.41, 5.74) is 0. The molecule has 102 valence electrons. The molecule has 0 fully saturated rings. The number of aliphatic carboxylic acids is 1. The highest BCUT2D eigenvalue weighted by Crippen LogP contribution is 2.06. The third kappa shape index (κ3) is 4.46. The van der Waals surface area contributed by atoms with Gasteiger partial charge in [0.15, 0.2) is 5.03 Å². The number of hydrogen-bond donors (Lipinski definition) is 2. The molecule has 0 spiro atoms. The van der Waals surface area contributed by atoms with E-state index >= 15 is 0 Å². The summed E-state index contributed by atoms with van der Waals surface area (Å²) >= 11 is 0. The van der Waals surface area contributed by atoms with E-state index in [1.807, 2.05) is 0 Å². The van der Waals surface area contributed by atoms with Gasteiger partial charge >= 0.3 is 5.97 Å². The van der Waals surface area contributed by atoms with Gasteiger partial charge < -0.3 is 5.11 Å². The van der Waals surface area contributed by atoms with E-state index in [1.165, 1.54) is 16.9 Å². The van der Waals surface area contributed by atoms with E-state index in [-0.39, 0.29) is 11.4 Å². The standard InChI is InChI=1S/C10H17N3O4S/c1-13-9(6-8-11-13)18(16,17)12-7-4-2-3-5-10(14)15/h6,8,12H,2-5,7H2,1H3,(H,14,15). The Bertz CT molecular complexity index is 495. The van der Waals surface area contributed by atoms with Crippen LogP contribution in [0.1, 0.15) is 25.7 Å². The summed E-state index contributed by atoms with van der Waals surface area (Å²) in [7, 11) is -1.96. The number of hydrogen-bond acceptors (Lipinski definition) is 4. The highest BCUT2D eigenvalue weighted by Gasteiger charge is 2.16. The van der Waals surface area contributed by atoms with Gasteiger partial charge in [0.05, 0.1) is 6.20 Å². The van der Waals surface area contributed by atoms with Crippen molar-refractivity contribution in [2.75, 3.05) is 6.54 Å². The zero-order chi connectivity index (χ0) is 13.6. The maximum Gasteiger partial charge on any atom is 0.303 e. The molecule has 2 N–H and O–H groups in total. The Labute approximate surface area is 106 Å². The van der Waals surface area contributed by atoms with Gasteiger partial charge in [-0.15, -0.1) is 0 Å². The van der Waals surface area contributed by atoms with Crippen molar-refractivity contribution in [2.24, 2.45) is 7.05 Å². The van der Waals surface area contributed by atoms with E-state index in [4.69, 9.17) is 5.11 Å². The molecular formula is C10H17N3O4S. The lowest BCUT2D eigenvalue weighted by molar-refractivity contribution is -0.137. The number of rotatable bonds is 8. The lowest BCUT2D eigenvalue weighted by Gasteiger charge is -2.06. The second-order valence-electron chi connectivity index (χ2n) is 3.90. The topological polar surface area (TPSA) is 101 Å². The normalized spacial score (nSPS) is 11.6. The molecular weight excluding hydrogens is 258 g/mol. The van der Waals surface area contributed by atoms with Crippen molar-refractivity contribution in [3.8, 4) is 0 Å². The number of carboxylic acids is 1. The van der Waals surface area contributed by atoms with Gasteiger partial charge in [0.1, 0.15) is 0 Å². The second-order valence-corrected chi connectivity index (χ2v) is 5.61. The van der Waals surface area contributed by atoms with Crippen LogP contribution < -0.4 is 4.72 Å². The van der Waals surface area contributed by atoms with Crippen molar-refractivity contribution >= 4 is 16.0 Å². The van der Waals surface area contributed by atoms with Crippen LogP contribution in [-0.4, -0.2) is 35.8 Å². The van der Waals surface area contributed by atoms with Crippen molar-refractivity contribution in [3.05, 3.63) is 12.3 Å². The molecule has 7 nitrogen and oxygen atoms in total. The van der Waals surface area contributed by atoms with Crippen LogP contribution in [0.4, 0.5) is 0 Å². The molecule has 1 aromatic rings. The number of aromatic nitrogens is 2. The Morgan fingerprint density at radius 3 is 2.72 bits per heavy atom. The number of carboxylic acid groups (broad SMARTS) is 1. The largest absolute Gasteiger partial charge is 0.481 e. The van der Waals surface area contributed by atoms with Gasteiger partial charge in [-0.2, -0.15) is 5.10 Å². The number of unbranched alkanes of at least 4 members (excludes halogenated alkanes) is 2. The fourth-order valence-electron chi connectivity index (χ4n) is 1.48. The first-order chi connectivity index (χ1) is 8.43. The van der Waals surface area contributed by atoms with Crippen molar-refractivity contribution in [3.63, 3.8) is 0 Å². The van der Waals surface area contributed by atoms with Crippen molar-refractivity contribution in [2.45, 2.75) is 30.7 Å². The summed E-state index contributed by atoms with van der Waals surface area (Å²) in [6.45, 7) is 0.299. The Hall–Kier alpha value is -1.41. The molecule has 0 radical (unpaired) electrons. The molecule has 0 amide bonds. The number of aryl methyl sites for hydroxylation is 1. The van der Waals surface area contributed by atoms with E-state index in [0.29, 0.717) is 25.8 Å². The molecule has 0 unspecified atom stereocenters. The molecule has 0 aliphatic rings. The minimum absolute atomic E-state index is 0.119. The predicted molar refractivity (Wildman–Crippen MR) is 64.5 cm³/mol. The lowest BCUT2D eigenvalue weighted by atomic mass is 10.2. The molecule has 0 aliphatic carbocycles. The van der Waals surface area contributed by atoms with Crippen LogP contribution in [-0.2, 0) is 21.9 Å². The molecule has 0 saturated carbocycles. The van der Waals surface area contributed by atoms with Gasteiger partial charge in [-0.3, -0.25) is 9.48 Å². The summed E-state index contributed by atoms with van der Waals surface area (Å²) in [6, 6.07) is 1.42. The molecule has 18 heavy (non-hydrogen) atoms. The van der Waals surface area contributed by atoms with E-state index < -0.39 is 16.0 Å². The Morgan fingerprint density at radius 2 is 2.17 bits per heavy atom. The summed E-state index contributed by atoms with van der Waals surface area (Å²) in [6.07, 6.45) is 3.39. The second kappa shape index (κ2) is 6.50. The summed E-state index contributed by atoms with van der Waals surface area (Å²) in [5.74, 6) is -0.828. The molecule has 0 bridgehead atoms. The zero-order valence-corrected chi connectivity index (χ0v) is 11.0. The van der Waals surface area contributed by atoms with Gasteiger partial charge in [0, 0.05) is 20.0 Å². The quantitative estimate of drug-likeness (QED) is 0.666. The molecule has 0 aromatic carbocycles. The van der Waals surface area contributed by atoms with Crippen LogP contribution in [0.25, 0.3) is 0 Å². The summed E-state index contributed by atoms with van der Waals surface area (Å²) in [5, 5.41) is 12.3. The summed E-state index contributed by atoms with van der Waals surface area (Å²) in [4.78, 5) is 10.3. The first kappa shape index (κ1) is 14.7. The third-order valence-corrected chi connectivity index (χ3v) is 3.95. The zero-order valence-electron chi connectivity index (χ0n) is 10.2. The highest BCUT2D eigenvalue weighted by molar-refractivity contribution is 7.89. The Morgan fingerprint density at radius 1 is 1.44 bits per heavy atom. The van der Waals surface area contributed by atoms with Crippen LogP contribution in [0.3, 0.4) is 0 Å². The van der Waals surface area contributed by atoms with Gasteiger partial charge in [-0.1, -0.05) is 6.42 Å². The van der Waals surface area contributed by atoms with E-state index in [9.17, 15) is 13.2 Å².